The average molecular weight is 287 g/mol. The lowest BCUT2D eigenvalue weighted by Crippen LogP contribution is -2.23. The number of para-hydroxylation sites is 1. The highest BCUT2D eigenvalue weighted by molar-refractivity contribution is 5.92. The smallest absolute Gasteiger partial charge is 0.339 e. The summed E-state index contributed by atoms with van der Waals surface area (Å²) in [4.78, 5) is 24.1. The number of carboxylic acid groups (broad SMARTS) is 1. The molecular weight excluding hydrogens is 274 g/mol. The zero-order valence-corrected chi connectivity index (χ0v) is 11.5. The molecule has 0 aliphatic rings. The fourth-order valence-corrected chi connectivity index (χ4v) is 1.56. The van der Waals surface area contributed by atoms with Crippen LogP contribution in [-0.2, 0) is 0 Å². The van der Waals surface area contributed by atoms with E-state index in [1.54, 1.807) is 26.2 Å². The molecule has 2 rings (SSSR count). The summed E-state index contributed by atoms with van der Waals surface area (Å²) >= 11 is 0. The molecule has 0 saturated heterocycles. The molecule has 7 heteroatoms. The highest BCUT2D eigenvalue weighted by Gasteiger charge is 2.13. The van der Waals surface area contributed by atoms with Crippen LogP contribution in [0.2, 0.25) is 0 Å². The molecule has 0 bridgehead atoms. The molecule has 21 heavy (non-hydrogen) atoms. The lowest BCUT2D eigenvalue weighted by atomic mass is 10.2. The third kappa shape index (κ3) is 3.33. The monoisotopic (exact) mass is 287 g/mol. The number of hydrogen-bond donors (Lipinski definition) is 1. The van der Waals surface area contributed by atoms with Gasteiger partial charge in [-0.1, -0.05) is 12.1 Å². The molecule has 1 amide bonds. The zero-order chi connectivity index (χ0) is 15.4. The van der Waals surface area contributed by atoms with Crippen LogP contribution < -0.4 is 4.74 Å². The van der Waals surface area contributed by atoms with Gasteiger partial charge in [0, 0.05) is 20.2 Å². The molecule has 2 aromatic rings. The van der Waals surface area contributed by atoms with E-state index in [0.29, 0.717) is 0 Å². The van der Waals surface area contributed by atoms with Gasteiger partial charge < -0.3 is 14.7 Å². The van der Waals surface area contributed by atoms with E-state index in [-0.39, 0.29) is 28.8 Å². The fourth-order valence-electron chi connectivity index (χ4n) is 1.56. The normalized spacial score (nSPS) is 10.0. The Kier molecular flexibility index (Phi) is 4.13. The van der Waals surface area contributed by atoms with Gasteiger partial charge in [0.05, 0.1) is 0 Å². The molecule has 1 N–H and O–H groups in total. The van der Waals surface area contributed by atoms with Crippen molar-refractivity contribution in [3.63, 3.8) is 0 Å². The van der Waals surface area contributed by atoms with Crippen molar-refractivity contribution in [1.29, 1.82) is 0 Å². The van der Waals surface area contributed by atoms with Gasteiger partial charge in [-0.15, -0.1) is 10.2 Å². The van der Waals surface area contributed by atoms with Crippen LogP contribution >= 0.6 is 0 Å². The molecule has 1 heterocycles. The summed E-state index contributed by atoms with van der Waals surface area (Å²) in [7, 11) is 3.22. The Morgan fingerprint density at radius 3 is 2.38 bits per heavy atom. The number of aromatic carboxylic acids is 1. The van der Waals surface area contributed by atoms with Crippen LogP contribution in [0.15, 0.2) is 36.4 Å². The summed E-state index contributed by atoms with van der Waals surface area (Å²) < 4.78 is 5.39. The minimum Gasteiger partial charge on any atom is -0.478 e. The molecule has 0 radical (unpaired) electrons. The Morgan fingerprint density at radius 1 is 1.10 bits per heavy atom. The second kappa shape index (κ2) is 6.00. The van der Waals surface area contributed by atoms with Gasteiger partial charge in [-0.05, 0) is 18.2 Å². The Hall–Kier alpha value is -2.96. The number of rotatable bonds is 4. The van der Waals surface area contributed by atoms with Crippen molar-refractivity contribution in [3.05, 3.63) is 47.7 Å². The number of carboxylic acids is 1. The van der Waals surface area contributed by atoms with Gasteiger partial charge in [-0.25, -0.2) is 4.79 Å². The number of amides is 1. The molecule has 0 spiro atoms. The maximum atomic E-state index is 11.7. The number of carbonyl (C=O) groups is 2. The summed E-state index contributed by atoms with van der Waals surface area (Å²) in [5.74, 6) is -1.11. The quantitative estimate of drug-likeness (QED) is 0.919. The lowest BCUT2D eigenvalue weighted by molar-refractivity contribution is 0.0693. The highest BCUT2D eigenvalue weighted by Crippen LogP contribution is 2.23. The minimum absolute atomic E-state index is 0.0211. The predicted octanol–water partition coefficient (Wildman–Crippen LogP) is 1.67. The van der Waals surface area contributed by atoms with Crippen molar-refractivity contribution in [1.82, 2.24) is 15.1 Å². The third-order valence-corrected chi connectivity index (χ3v) is 2.60. The summed E-state index contributed by atoms with van der Waals surface area (Å²) in [5.41, 5.74) is 0.201. The van der Waals surface area contributed by atoms with Crippen molar-refractivity contribution in [3.8, 4) is 11.6 Å². The first-order chi connectivity index (χ1) is 9.99. The van der Waals surface area contributed by atoms with Crippen LogP contribution in [0.25, 0.3) is 0 Å². The van der Waals surface area contributed by atoms with E-state index in [2.05, 4.69) is 10.2 Å². The fraction of sp³-hybridized carbons (Fsp3) is 0.143. The maximum absolute atomic E-state index is 11.7. The molecule has 108 valence electrons. The number of hydrogen-bond acceptors (Lipinski definition) is 5. The molecule has 0 aliphatic carbocycles. The van der Waals surface area contributed by atoms with Crippen LogP contribution in [0.5, 0.6) is 11.6 Å². The number of nitrogens with zero attached hydrogens (tertiary/aromatic N) is 3. The van der Waals surface area contributed by atoms with E-state index in [1.807, 2.05) is 0 Å². The van der Waals surface area contributed by atoms with E-state index in [9.17, 15) is 9.59 Å². The van der Waals surface area contributed by atoms with Crippen molar-refractivity contribution < 1.29 is 19.4 Å². The van der Waals surface area contributed by atoms with E-state index in [0.717, 1.165) is 0 Å². The largest absolute Gasteiger partial charge is 0.478 e. The number of ether oxygens (including phenoxy) is 1. The molecule has 0 unspecified atom stereocenters. The standard InChI is InChI=1S/C14H13N3O4/c1-17(2)13(18)10-7-8-12(16-15-10)21-11-6-4-3-5-9(11)14(19)20/h3-8H,1-2H3,(H,19,20). The van der Waals surface area contributed by atoms with E-state index < -0.39 is 5.97 Å². The Morgan fingerprint density at radius 2 is 1.81 bits per heavy atom. The second-order valence-electron chi connectivity index (χ2n) is 4.36. The van der Waals surface area contributed by atoms with Gasteiger partial charge in [0.1, 0.15) is 11.3 Å². The Labute approximate surface area is 120 Å². The van der Waals surface area contributed by atoms with Crippen LogP contribution in [0, 0.1) is 0 Å². The summed E-state index contributed by atoms with van der Waals surface area (Å²) in [5, 5.41) is 16.6. The van der Waals surface area contributed by atoms with Gasteiger partial charge >= 0.3 is 5.97 Å². The number of carbonyl (C=O) groups excluding carboxylic acids is 1. The van der Waals surface area contributed by atoms with Crippen molar-refractivity contribution >= 4 is 11.9 Å². The molecule has 1 aromatic carbocycles. The third-order valence-electron chi connectivity index (χ3n) is 2.60. The van der Waals surface area contributed by atoms with Crippen molar-refractivity contribution in [2.24, 2.45) is 0 Å². The second-order valence-corrected chi connectivity index (χ2v) is 4.36. The van der Waals surface area contributed by atoms with Gasteiger partial charge in [-0.2, -0.15) is 0 Å². The van der Waals surface area contributed by atoms with E-state index in [4.69, 9.17) is 9.84 Å². The van der Waals surface area contributed by atoms with Crippen LogP contribution in [0.4, 0.5) is 0 Å². The first kappa shape index (κ1) is 14.4. The summed E-state index contributed by atoms with van der Waals surface area (Å²) in [6.45, 7) is 0. The first-order valence-corrected chi connectivity index (χ1v) is 6.04. The van der Waals surface area contributed by atoms with Gasteiger partial charge in [0.25, 0.3) is 5.91 Å². The minimum atomic E-state index is -1.10. The Balaban J connectivity index is 2.22. The summed E-state index contributed by atoms with van der Waals surface area (Å²) in [6.07, 6.45) is 0. The molecular formula is C14H13N3O4. The molecule has 0 saturated carbocycles. The Bertz CT molecular complexity index is 668. The van der Waals surface area contributed by atoms with Crippen molar-refractivity contribution in [2.45, 2.75) is 0 Å². The highest BCUT2D eigenvalue weighted by atomic mass is 16.5. The predicted molar refractivity (Wildman–Crippen MR) is 73.5 cm³/mol. The first-order valence-electron chi connectivity index (χ1n) is 6.04. The van der Waals surface area contributed by atoms with Crippen molar-refractivity contribution in [2.75, 3.05) is 14.1 Å². The van der Waals surface area contributed by atoms with E-state index in [1.165, 1.54) is 29.2 Å². The molecule has 0 fully saturated rings. The van der Waals surface area contributed by atoms with Crippen LogP contribution in [0.1, 0.15) is 20.8 Å². The number of aromatic nitrogens is 2. The number of benzene rings is 1. The molecule has 0 atom stereocenters. The van der Waals surface area contributed by atoms with Gasteiger partial charge in [-0.3, -0.25) is 4.79 Å². The zero-order valence-electron chi connectivity index (χ0n) is 11.5. The average Bonchev–Trinajstić information content (AvgIpc) is 2.47. The topological polar surface area (TPSA) is 92.6 Å². The van der Waals surface area contributed by atoms with Crippen LogP contribution in [0.3, 0.4) is 0 Å². The molecule has 1 aromatic heterocycles. The molecule has 7 nitrogen and oxygen atoms in total. The van der Waals surface area contributed by atoms with Gasteiger partial charge in [0.15, 0.2) is 5.69 Å². The maximum Gasteiger partial charge on any atom is 0.339 e. The summed E-state index contributed by atoms with van der Waals surface area (Å²) in [6, 6.07) is 9.12. The SMILES string of the molecule is CN(C)C(=O)c1ccc(Oc2ccccc2C(=O)O)nn1. The van der Waals surface area contributed by atoms with Crippen LogP contribution in [-0.4, -0.2) is 46.2 Å². The van der Waals surface area contributed by atoms with Gasteiger partial charge in [0.2, 0.25) is 5.88 Å². The van der Waals surface area contributed by atoms with E-state index >= 15 is 0 Å². The lowest BCUT2D eigenvalue weighted by Gasteiger charge is -2.10. The molecule has 0 aliphatic heterocycles.